The molecule has 0 unspecified atom stereocenters. The minimum atomic E-state index is 0.328. The normalized spacial score (nSPS) is 17.1. The average molecular weight is 311 g/mol. The Balaban J connectivity index is 0.000000172. The fourth-order valence-corrected chi connectivity index (χ4v) is 3.59. The molecule has 0 spiro atoms. The Morgan fingerprint density at radius 2 is 1.68 bits per heavy atom. The van der Waals surface area contributed by atoms with Gasteiger partial charge in [0.1, 0.15) is 4.83 Å². The molecule has 3 aromatic rings. The second kappa shape index (κ2) is 5.64. The number of nitrogens with zero attached hydrogens (tertiary/aromatic N) is 4. The molecule has 0 radical (unpaired) electrons. The van der Waals surface area contributed by atoms with E-state index in [1.54, 1.807) is 17.5 Å². The second-order valence-electron chi connectivity index (χ2n) is 5.37. The van der Waals surface area contributed by atoms with Crippen molar-refractivity contribution in [1.82, 2.24) is 20.0 Å². The molecule has 2 fully saturated rings. The van der Waals surface area contributed by atoms with Gasteiger partial charge in [0.2, 0.25) is 5.95 Å². The quantitative estimate of drug-likeness (QED) is 0.748. The van der Waals surface area contributed by atoms with Gasteiger partial charge < -0.3 is 5.73 Å². The number of fused-ring (bicyclic) bond motifs is 2. The van der Waals surface area contributed by atoms with Crippen LogP contribution in [0.3, 0.4) is 0 Å². The van der Waals surface area contributed by atoms with E-state index in [0.717, 1.165) is 10.2 Å². The van der Waals surface area contributed by atoms with E-state index in [2.05, 4.69) is 38.2 Å². The van der Waals surface area contributed by atoms with Crippen LogP contribution in [-0.4, -0.2) is 46.2 Å². The van der Waals surface area contributed by atoms with Gasteiger partial charge in [-0.15, -0.1) is 11.3 Å². The third kappa shape index (κ3) is 2.56. The molecular formula is C16H17N5S. The molecule has 5 nitrogen and oxygen atoms in total. The van der Waals surface area contributed by atoms with Crippen molar-refractivity contribution in [3.63, 3.8) is 0 Å². The Morgan fingerprint density at radius 1 is 1.00 bits per heavy atom. The van der Waals surface area contributed by atoms with Crippen LogP contribution < -0.4 is 5.73 Å². The molecule has 2 aliphatic rings. The molecule has 0 amide bonds. The lowest BCUT2D eigenvalue weighted by Crippen LogP contribution is -2.68. The largest absolute Gasteiger partial charge is 0.368 e. The maximum absolute atomic E-state index is 5.56. The summed E-state index contributed by atoms with van der Waals surface area (Å²) < 4.78 is 0. The van der Waals surface area contributed by atoms with E-state index in [4.69, 9.17) is 5.73 Å². The molecule has 2 aliphatic heterocycles. The van der Waals surface area contributed by atoms with Crippen LogP contribution in [-0.2, 0) is 0 Å². The van der Waals surface area contributed by atoms with E-state index in [9.17, 15) is 0 Å². The summed E-state index contributed by atoms with van der Waals surface area (Å²) in [4.78, 5) is 10.3. The number of hydrogen-bond acceptors (Lipinski definition) is 6. The summed E-state index contributed by atoms with van der Waals surface area (Å²) in [5, 5.41) is 5.76. The number of nitrogens with two attached hydrogens (primary N) is 1. The molecule has 1 aromatic carbocycles. The molecule has 2 N–H and O–H groups in total. The second-order valence-corrected chi connectivity index (χ2v) is 6.40. The first kappa shape index (κ1) is 13.6. The Labute approximate surface area is 133 Å². The first-order valence-electron chi connectivity index (χ1n) is 7.37. The molecule has 5 rings (SSSR count). The van der Waals surface area contributed by atoms with E-state index in [0.29, 0.717) is 5.95 Å². The molecule has 0 bridgehead atoms. The lowest BCUT2D eigenvalue weighted by molar-refractivity contribution is -0.189. The van der Waals surface area contributed by atoms with E-state index in [1.165, 1.54) is 36.6 Å². The van der Waals surface area contributed by atoms with Gasteiger partial charge in [-0.2, -0.15) is 0 Å². The summed E-state index contributed by atoms with van der Waals surface area (Å²) in [5.41, 5.74) is 6.75. The van der Waals surface area contributed by atoms with E-state index in [-0.39, 0.29) is 0 Å². The van der Waals surface area contributed by atoms with E-state index >= 15 is 0 Å². The molecule has 4 heterocycles. The van der Waals surface area contributed by atoms with Crippen LogP contribution in [0.1, 0.15) is 0 Å². The van der Waals surface area contributed by atoms with Gasteiger partial charge >= 0.3 is 0 Å². The van der Waals surface area contributed by atoms with Gasteiger partial charge in [-0.1, -0.05) is 30.3 Å². The van der Waals surface area contributed by atoms with E-state index < -0.39 is 0 Å². The summed E-state index contributed by atoms with van der Waals surface area (Å²) in [6, 6.07) is 12.3. The summed E-state index contributed by atoms with van der Waals surface area (Å²) in [6.07, 6.45) is 1.76. The van der Waals surface area contributed by atoms with Crippen molar-refractivity contribution in [1.29, 1.82) is 0 Å². The van der Waals surface area contributed by atoms with Gasteiger partial charge in [0.25, 0.3) is 0 Å². The van der Waals surface area contributed by atoms with Crippen molar-refractivity contribution in [2.45, 2.75) is 0 Å². The molecule has 0 aliphatic carbocycles. The molecule has 2 aromatic heterocycles. The molecular weight excluding hydrogens is 294 g/mol. The number of piperazine rings is 1. The minimum absolute atomic E-state index is 0.328. The number of benzene rings is 1. The van der Waals surface area contributed by atoms with Crippen molar-refractivity contribution in [3.05, 3.63) is 42.6 Å². The van der Waals surface area contributed by atoms with Gasteiger partial charge in [0, 0.05) is 42.6 Å². The highest BCUT2D eigenvalue weighted by Gasteiger charge is 2.32. The highest BCUT2D eigenvalue weighted by atomic mass is 32.1. The zero-order chi connectivity index (χ0) is 14.9. The number of nitrogen functional groups attached to an aromatic ring is 1. The number of hydrogen-bond donors (Lipinski definition) is 1. The Hall–Kier alpha value is -2.02. The van der Waals surface area contributed by atoms with Gasteiger partial charge in [-0.25, -0.2) is 20.0 Å². The molecule has 2 saturated heterocycles. The monoisotopic (exact) mass is 311 g/mol. The zero-order valence-corrected chi connectivity index (χ0v) is 13.0. The average Bonchev–Trinajstić information content (AvgIpc) is 2.95. The predicted molar refractivity (Wildman–Crippen MR) is 90.4 cm³/mol. The highest BCUT2D eigenvalue weighted by molar-refractivity contribution is 7.21. The Kier molecular flexibility index (Phi) is 3.49. The summed E-state index contributed by atoms with van der Waals surface area (Å²) in [6.45, 7) is 5.28. The van der Waals surface area contributed by atoms with Gasteiger partial charge in [0.15, 0.2) is 0 Å². The van der Waals surface area contributed by atoms with Crippen molar-refractivity contribution in [2.24, 2.45) is 0 Å². The van der Waals surface area contributed by atoms with Crippen LogP contribution in [0.25, 0.3) is 20.7 Å². The summed E-state index contributed by atoms with van der Waals surface area (Å²) in [7, 11) is 0. The van der Waals surface area contributed by atoms with Crippen LogP contribution >= 0.6 is 11.3 Å². The number of hydrazine groups is 1. The summed E-state index contributed by atoms with van der Waals surface area (Å²) >= 11 is 1.63. The molecule has 22 heavy (non-hydrogen) atoms. The fraction of sp³-hybridized carbons (Fsp3) is 0.250. The van der Waals surface area contributed by atoms with Crippen LogP contribution in [0.5, 0.6) is 0 Å². The summed E-state index contributed by atoms with van der Waals surface area (Å²) in [5.74, 6) is 0.328. The Morgan fingerprint density at radius 3 is 2.27 bits per heavy atom. The first-order chi connectivity index (χ1) is 10.8. The standard InChI is InChI=1S/C12H9N3S.C4H8N2/c13-12-14-7-9-6-10(16-11(9)15-12)8-4-2-1-3-5-8;1-2-6-4-3-5(1)6/h1-7H,(H2,13,14,15);1-4H2. The number of rotatable bonds is 1. The maximum Gasteiger partial charge on any atom is 0.221 e. The lowest BCUT2D eigenvalue weighted by atomic mass is 10.2. The molecule has 0 saturated carbocycles. The van der Waals surface area contributed by atoms with Crippen molar-refractivity contribution in [3.8, 4) is 10.4 Å². The van der Waals surface area contributed by atoms with Crippen LogP contribution in [0.15, 0.2) is 42.6 Å². The SMILES string of the molecule is C1CN2CCN12.Nc1ncc2cc(-c3ccccc3)sc2n1. The van der Waals surface area contributed by atoms with Crippen molar-refractivity contribution in [2.75, 3.05) is 31.9 Å². The number of anilines is 1. The highest BCUT2D eigenvalue weighted by Crippen LogP contribution is 2.31. The van der Waals surface area contributed by atoms with Gasteiger partial charge in [-0.3, -0.25) is 0 Å². The van der Waals surface area contributed by atoms with Gasteiger partial charge in [-0.05, 0) is 11.6 Å². The van der Waals surface area contributed by atoms with Crippen LogP contribution in [0.4, 0.5) is 5.95 Å². The zero-order valence-electron chi connectivity index (χ0n) is 12.1. The molecule has 0 atom stereocenters. The number of thiophene rings is 1. The maximum atomic E-state index is 5.56. The van der Waals surface area contributed by atoms with Gasteiger partial charge in [0.05, 0.1) is 0 Å². The third-order valence-corrected chi connectivity index (χ3v) is 5.08. The topological polar surface area (TPSA) is 58.3 Å². The van der Waals surface area contributed by atoms with E-state index in [1.807, 2.05) is 18.2 Å². The molecule has 112 valence electrons. The lowest BCUT2D eigenvalue weighted by Gasteiger charge is -2.52. The predicted octanol–water partition coefficient (Wildman–Crippen LogP) is 2.47. The smallest absolute Gasteiger partial charge is 0.221 e. The molecule has 6 heteroatoms. The fourth-order valence-electron chi connectivity index (χ4n) is 2.58. The minimum Gasteiger partial charge on any atom is -0.368 e. The van der Waals surface area contributed by atoms with Crippen molar-refractivity contribution < 1.29 is 0 Å². The first-order valence-corrected chi connectivity index (χ1v) is 8.18. The Bertz CT molecular complexity index is 768. The number of aromatic nitrogens is 2. The van der Waals surface area contributed by atoms with Crippen LogP contribution in [0.2, 0.25) is 0 Å². The van der Waals surface area contributed by atoms with Crippen molar-refractivity contribution >= 4 is 27.5 Å². The van der Waals surface area contributed by atoms with Crippen LogP contribution in [0, 0.1) is 0 Å². The third-order valence-electron chi connectivity index (χ3n) is 3.98.